The summed E-state index contributed by atoms with van der Waals surface area (Å²) in [5, 5.41) is 10.1. The van der Waals surface area contributed by atoms with Crippen molar-refractivity contribution in [3.05, 3.63) is 52.3 Å². The van der Waals surface area contributed by atoms with Crippen molar-refractivity contribution >= 4 is 27.9 Å². The standard InChI is InChI=1S/C28H42BrN5O3.C2H6/c1-4-6-21(3)34(14-11-29)27(25-8-7-24(35)20-23(25)5-2)32-17-15-31(16-18-32)26(36)19-22-9-12-33(13-10-22)28(30)37;1-2/h6-8,11,14,20,22,27,35H,4-5,9-10,12-13,15-19H2,1-3H3,(H2,30,37);1-2H3/b14-11+,21-6-;/t27-;/m0./s1. The lowest BCUT2D eigenvalue weighted by molar-refractivity contribution is -0.135. The van der Waals surface area contributed by atoms with Crippen LogP contribution in [0, 0.1) is 5.92 Å². The molecule has 0 aromatic heterocycles. The Morgan fingerprint density at radius 3 is 2.28 bits per heavy atom. The monoisotopic (exact) mass is 605 g/mol. The van der Waals surface area contributed by atoms with Crippen LogP contribution < -0.4 is 5.73 Å². The number of hydrogen-bond acceptors (Lipinski definition) is 5. The number of urea groups is 1. The molecule has 8 nitrogen and oxygen atoms in total. The molecule has 0 aliphatic carbocycles. The number of piperazine rings is 1. The number of likely N-dealkylation sites (tertiary alicyclic amines) is 1. The zero-order valence-electron chi connectivity index (χ0n) is 24.4. The highest BCUT2D eigenvalue weighted by molar-refractivity contribution is 9.11. The first-order chi connectivity index (χ1) is 18.8. The summed E-state index contributed by atoms with van der Waals surface area (Å²) in [5.74, 6) is 0.783. The second-order valence-corrected chi connectivity index (χ2v) is 10.5. The normalized spacial score (nSPS) is 18.1. The van der Waals surface area contributed by atoms with Crippen LogP contribution in [0.15, 0.2) is 41.2 Å². The van der Waals surface area contributed by atoms with Gasteiger partial charge in [0.2, 0.25) is 5.91 Å². The van der Waals surface area contributed by atoms with E-state index >= 15 is 0 Å². The Morgan fingerprint density at radius 1 is 1.10 bits per heavy atom. The van der Waals surface area contributed by atoms with Crippen molar-refractivity contribution in [1.82, 2.24) is 19.6 Å². The van der Waals surface area contributed by atoms with Crippen molar-refractivity contribution in [2.75, 3.05) is 39.3 Å². The van der Waals surface area contributed by atoms with Crippen molar-refractivity contribution in [2.24, 2.45) is 11.7 Å². The quantitative estimate of drug-likeness (QED) is 0.372. The molecule has 2 heterocycles. The predicted molar refractivity (Wildman–Crippen MR) is 162 cm³/mol. The number of amides is 3. The highest BCUT2D eigenvalue weighted by atomic mass is 79.9. The first kappa shape index (κ1) is 32.7. The summed E-state index contributed by atoms with van der Waals surface area (Å²) in [6, 6.07) is 5.28. The molecule has 218 valence electrons. The summed E-state index contributed by atoms with van der Waals surface area (Å²) in [4.78, 5) is 34.8. The third-order valence-electron chi connectivity index (χ3n) is 7.58. The smallest absolute Gasteiger partial charge is 0.314 e. The fourth-order valence-electron chi connectivity index (χ4n) is 5.48. The molecular formula is C30H48BrN5O3. The maximum atomic E-state index is 13.1. The summed E-state index contributed by atoms with van der Waals surface area (Å²) in [6.45, 7) is 14.5. The number of nitrogens with two attached hydrogens (primary N) is 1. The molecule has 1 aromatic carbocycles. The Labute approximate surface area is 243 Å². The number of carbonyl (C=O) groups excluding carboxylic acids is 2. The van der Waals surface area contributed by atoms with E-state index in [2.05, 4.69) is 58.8 Å². The molecule has 0 radical (unpaired) electrons. The highest BCUT2D eigenvalue weighted by Gasteiger charge is 2.33. The maximum Gasteiger partial charge on any atom is 0.314 e. The lowest BCUT2D eigenvalue weighted by Crippen LogP contribution is -2.52. The van der Waals surface area contributed by atoms with Gasteiger partial charge in [-0.2, -0.15) is 0 Å². The van der Waals surface area contributed by atoms with E-state index in [1.165, 1.54) is 0 Å². The molecule has 2 aliphatic heterocycles. The Hall–Kier alpha value is -2.52. The van der Waals surface area contributed by atoms with Crippen LogP contribution in [0.2, 0.25) is 0 Å². The van der Waals surface area contributed by atoms with E-state index in [9.17, 15) is 14.7 Å². The van der Waals surface area contributed by atoms with Gasteiger partial charge in [-0.05, 0) is 66.8 Å². The largest absolute Gasteiger partial charge is 0.508 e. The summed E-state index contributed by atoms with van der Waals surface area (Å²) < 4.78 is 0. The molecule has 0 bridgehead atoms. The molecule has 0 saturated carbocycles. The number of allylic oxidation sites excluding steroid dienone is 2. The number of aryl methyl sites for hydroxylation is 1. The average molecular weight is 607 g/mol. The Kier molecular flexibility index (Phi) is 13.9. The molecule has 39 heavy (non-hydrogen) atoms. The van der Waals surface area contributed by atoms with Gasteiger partial charge in [0.15, 0.2) is 0 Å². The molecule has 3 N–H and O–H groups in total. The highest BCUT2D eigenvalue weighted by Crippen LogP contribution is 2.34. The molecule has 3 rings (SSSR count). The number of hydrogen-bond donors (Lipinski definition) is 2. The SMILES string of the molecule is CC.CC/C=C(/C)N(/C=C/Br)[C@@H](c1ccc(O)cc1CC)N1CCN(C(=O)CC2CCN(C(N)=O)CC2)CC1. The molecule has 0 unspecified atom stereocenters. The van der Waals surface area contributed by atoms with E-state index in [-0.39, 0.29) is 23.9 Å². The molecule has 2 aliphatic rings. The summed E-state index contributed by atoms with van der Waals surface area (Å²) >= 11 is 3.48. The van der Waals surface area contributed by atoms with Crippen LogP contribution in [0.1, 0.15) is 77.6 Å². The van der Waals surface area contributed by atoms with E-state index in [0.717, 1.165) is 55.6 Å². The summed E-state index contributed by atoms with van der Waals surface area (Å²) in [6.07, 6.45) is 8.15. The van der Waals surface area contributed by atoms with E-state index < -0.39 is 0 Å². The minimum absolute atomic E-state index is 0.0532. The zero-order valence-corrected chi connectivity index (χ0v) is 26.0. The van der Waals surface area contributed by atoms with E-state index in [1.54, 1.807) is 11.0 Å². The van der Waals surface area contributed by atoms with Crippen molar-refractivity contribution in [1.29, 1.82) is 0 Å². The van der Waals surface area contributed by atoms with Crippen molar-refractivity contribution < 1.29 is 14.7 Å². The van der Waals surface area contributed by atoms with Crippen molar-refractivity contribution in [3.63, 3.8) is 0 Å². The number of piperidine rings is 1. The van der Waals surface area contributed by atoms with Gasteiger partial charge in [-0.15, -0.1) is 0 Å². The zero-order chi connectivity index (χ0) is 28.9. The average Bonchev–Trinajstić information content (AvgIpc) is 2.95. The first-order valence-electron chi connectivity index (χ1n) is 14.4. The fourth-order valence-corrected chi connectivity index (χ4v) is 5.73. The number of phenolic OH excluding ortho intramolecular Hbond substituents is 1. The lowest BCUT2D eigenvalue weighted by atomic mass is 9.93. The van der Waals surface area contributed by atoms with Gasteiger partial charge in [0, 0.05) is 57.6 Å². The molecular weight excluding hydrogens is 558 g/mol. The van der Waals surface area contributed by atoms with Gasteiger partial charge in [-0.25, -0.2) is 4.79 Å². The number of primary amides is 1. The van der Waals surface area contributed by atoms with Gasteiger partial charge in [0.05, 0.1) is 0 Å². The van der Waals surface area contributed by atoms with Gasteiger partial charge in [0.25, 0.3) is 0 Å². The van der Waals surface area contributed by atoms with Crippen LogP contribution in [0.4, 0.5) is 4.79 Å². The second-order valence-electron chi connectivity index (χ2n) is 9.94. The Morgan fingerprint density at radius 2 is 1.74 bits per heavy atom. The third-order valence-corrected chi connectivity index (χ3v) is 7.81. The summed E-state index contributed by atoms with van der Waals surface area (Å²) in [7, 11) is 0. The van der Waals surface area contributed by atoms with Crippen LogP contribution in [0.5, 0.6) is 5.75 Å². The van der Waals surface area contributed by atoms with Crippen molar-refractivity contribution in [3.8, 4) is 5.75 Å². The third kappa shape index (κ3) is 9.00. The van der Waals surface area contributed by atoms with Gasteiger partial charge < -0.3 is 25.5 Å². The van der Waals surface area contributed by atoms with Crippen molar-refractivity contribution in [2.45, 2.75) is 72.9 Å². The maximum absolute atomic E-state index is 13.1. The number of carbonyl (C=O) groups is 2. The van der Waals surface area contributed by atoms with Crippen LogP contribution in [0.25, 0.3) is 0 Å². The van der Waals surface area contributed by atoms with E-state index in [1.807, 2.05) is 35.9 Å². The Balaban J connectivity index is 0.00000260. The molecule has 9 heteroatoms. The fraction of sp³-hybridized carbons (Fsp3) is 0.600. The second kappa shape index (κ2) is 16.6. The van der Waals surface area contributed by atoms with E-state index in [4.69, 9.17) is 5.73 Å². The molecule has 2 saturated heterocycles. The number of halogens is 1. The minimum atomic E-state index is -0.372. The molecule has 1 aromatic rings. The topological polar surface area (TPSA) is 93.3 Å². The number of phenols is 1. The molecule has 3 amide bonds. The molecule has 0 spiro atoms. The van der Waals surface area contributed by atoms with Crippen LogP contribution in [-0.2, 0) is 11.2 Å². The number of nitrogens with zero attached hydrogens (tertiary/aromatic N) is 4. The summed E-state index contributed by atoms with van der Waals surface area (Å²) in [5.41, 5.74) is 8.82. The van der Waals surface area contributed by atoms with Crippen LogP contribution in [0.3, 0.4) is 0 Å². The number of aromatic hydroxyl groups is 1. The van der Waals surface area contributed by atoms with E-state index in [0.29, 0.717) is 38.5 Å². The predicted octanol–water partition coefficient (Wildman–Crippen LogP) is 5.79. The first-order valence-corrected chi connectivity index (χ1v) is 15.3. The number of benzene rings is 1. The van der Waals surface area contributed by atoms with Crippen LogP contribution in [-0.4, -0.2) is 75.9 Å². The van der Waals surface area contributed by atoms with Crippen LogP contribution >= 0.6 is 15.9 Å². The minimum Gasteiger partial charge on any atom is -0.508 e. The molecule has 2 fully saturated rings. The number of rotatable bonds is 9. The van der Waals surface area contributed by atoms with Gasteiger partial charge in [-0.1, -0.05) is 55.8 Å². The van der Waals surface area contributed by atoms with Gasteiger partial charge >= 0.3 is 6.03 Å². The Bertz CT molecular complexity index is 983. The van der Waals surface area contributed by atoms with Gasteiger partial charge in [-0.3, -0.25) is 9.69 Å². The van der Waals surface area contributed by atoms with Gasteiger partial charge in [0.1, 0.15) is 11.9 Å². The lowest BCUT2D eigenvalue weighted by Gasteiger charge is -2.45. The molecule has 1 atom stereocenters.